The molecule has 1 atom stereocenters. The van der Waals surface area contributed by atoms with Crippen molar-refractivity contribution in [3.63, 3.8) is 0 Å². The third kappa shape index (κ3) is 1.93. The van der Waals surface area contributed by atoms with Crippen LogP contribution in [-0.2, 0) is 0 Å². The van der Waals surface area contributed by atoms with Crippen molar-refractivity contribution in [3.8, 4) is 0 Å². The zero-order valence-corrected chi connectivity index (χ0v) is 3.59. The molecule has 0 aromatic carbocycles. The molecule has 0 radical (unpaired) electrons. The lowest BCUT2D eigenvalue weighted by Gasteiger charge is -1.93. The summed E-state index contributed by atoms with van der Waals surface area (Å²) in [5, 5.41) is 8.42. The highest BCUT2D eigenvalue weighted by molar-refractivity contribution is 4.77. The van der Waals surface area contributed by atoms with Crippen molar-refractivity contribution in [2.45, 2.75) is 6.10 Å². The molecular weight excluding hydrogens is 78.1 g/mol. The van der Waals surface area contributed by atoms with Crippen molar-refractivity contribution >= 4 is 0 Å². The molecule has 0 bridgehead atoms. The lowest BCUT2D eigenvalue weighted by molar-refractivity contribution is 0.232. The molecule has 0 aliphatic rings. The van der Waals surface area contributed by atoms with Gasteiger partial charge in [0.05, 0.1) is 6.10 Å². The van der Waals surface area contributed by atoms with Gasteiger partial charge in [0.15, 0.2) is 0 Å². The Balaban J connectivity index is 2.96. The van der Waals surface area contributed by atoms with Crippen LogP contribution in [0.2, 0.25) is 0 Å². The molecule has 0 heterocycles. The second-order valence-electron chi connectivity index (χ2n) is 1.04. The standard InChI is InChI=1S/C4H9NO/c1-2-4(6)3-5/h2,4,6H,1,3,5H2/t4-/m1/s1. The number of aliphatic hydroxyl groups is 1. The minimum atomic E-state index is -0.523. The summed E-state index contributed by atoms with van der Waals surface area (Å²) in [7, 11) is 0. The summed E-state index contributed by atoms with van der Waals surface area (Å²) in [4.78, 5) is 0. The van der Waals surface area contributed by atoms with E-state index in [1.54, 1.807) is 0 Å². The van der Waals surface area contributed by atoms with Gasteiger partial charge in [0.2, 0.25) is 0 Å². The summed E-state index contributed by atoms with van der Waals surface area (Å²) in [5.74, 6) is 0. The first kappa shape index (κ1) is 5.66. The minimum absolute atomic E-state index is 0.267. The summed E-state index contributed by atoms with van der Waals surface area (Å²) in [6.45, 7) is 3.57. The van der Waals surface area contributed by atoms with Crippen LogP contribution in [0.1, 0.15) is 0 Å². The Morgan fingerprint density at radius 1 is 2.00 bits per heavy atom. The molecule has 0 saturated carbocycles. The molecule has 0 aliphatic heterocycles. The first-order valence-electron chi connectivity index (χ1n) is 1.82. The Morgan fingerprint density at radius 3 is 2.50 bits per heavy atom. The van der Waals surface area contributed by atoms with Gasteiger partial charge in [-0.25, -0.2) is 0 Å². The maximum atomic E-state index is 8.42. The van der Waals surface area contributed by atoms with E-state index in [0.717, 1.165) is 0 Å². The fourth-order valence-corrected chi connectivity index (χ4v) is 0.0962. The predicted octanol–water partition coefficient (Wildman–Crippen LogP) is -0.508. The molecule has 3 N–H and O–H groups in total. The molecule has 6 heavy (non-hydrogen) atoms. The Hall–Kier alpha value is -0.340. The van der Waals surface area contributed by atoms with Crippen LogP contribution in [0, 0.1) is 0 Å². The van der Waals surface area contributed by atoms with E-state index in [-0.39, 0.29) is 6.54 Å². The number of rotatable bonds is 2. The van der Waals surface area contributed by atoms with Crippen molar-refractivity contribution in [1.82, 2.24) is 0 Å². The van der Waals surface area contributed by atoms with Gasteiger partial charge in [0.25, 0.3) is 0 Å². The highest BCUT2D eigenvalue weighted by atomic mass is 16.3. The van der Waals surface area contributed by atoms with Crippen LogP contribution in [0.3, 0.4) is 0 Å². The number of hydrogen-bond donors (Lipinski definition) is 2. The van der Waals surface area contributed by atoms with Crippen molar-refractivity contribution < 1.29 is 5.11 Å². The molecule has 0 amide bonds. The zero-order valence-electron chi connectivity index (χ0n) is 3.59. The van der Waals surface area contributed by atoms with E-state index < -0.39 is 6.10 Å². The summed E-state index contributed by atoms with van der Waals surface area (Å²) < 4.78 is 0. The van der Waals surface area contributed by atoms with E-state index in [4.69, 9.17) is 10.8 Å². The quantitative estimate of drug-likeness (QED) is 0.446. The van der Waals surface area contributed by atoms with Crippen molar-refractivity contribution in [2.75, 3.05) is 6.54 Å². The molecule has 0 unspecified atom stereocenters. The minimum Gasteiger partial charge on any atom is -0.388 e. The average molecular weight is 87.1 g/mol. The molecule has 36 valence electrons. The highest BCUT2D eigenvalue weighted by Gasteiger charge is 1.86. The fraction of sp³-hybridized carbons (Fsp3) is 0.500. The molecule has 0 saturated heterocycles. The van der Waals surface area contributed by atoms with Crippen LogP contribution in [0.5, 0.6) is 0 Å². The van der Waals surface area contributed by atoms with Gasteiger partial charge in [-0.1, -0.05) is 6.08 Å². The molecule has 0 fully saturated rings. The Bertz CT molecular complexity index is 44.8. The Kier molecular flexibility index (Phi) is 2.71. The van der Waals surface area contributed by atoms with Gasteiger partial charge >= 0.3 is 0 Å². The van der Waals surface area contributed by atoms with Crippen LogP contribution >= 0.6 is 0 Å². The first-order chi connectivity index (χ1) is 2.81. The van der Waals surface area contributed by atoms with Gasteiger partial charge in [0, 0.05) is 6.54 Å². The average Bonchev–Trinajstić information content (AvgIpc) is 1.65. The molecule has 0 aromatic heterocycles. The van der Waals surface area contributed by atoms with Crippen LogP contribution in [0.25, 0.3) is 0 Å². The summed E-state index contributed by atoms with van der Waals surface area (Å²) in [6.07, 6.45) is 0.880. The topological polar surface area (TPSA) is 46.2 Å². The monoisotopic (exact) mass is 87.1 g/mol. The summed E-state index contributed by atoms with van der Waals surface area (Å²) >= 11 is 0. The van der Waals surface area contributed by atoms with E-state index in [2.05, 4.69) is 6.58 Å². The first-order valence-corrected chi connectivity index (χ1v) is 1.82. The molecule has 0 rings (SSSR count). The van der Waals surface area contributed by atoms with E-state index in [1.807, 2.05) is 0 Å². The van der Waals surface area contributed by atoms with E-state index in [0.29, 0.717) is 0 Å². The molecule has 0 aromatic rings. The molecule has 0 aliphatic carbocycles. The Labute approximate surface area is 37.3 Å². The molecule has 2 nitrogen and oxygen atoms in total. The van der Waals surface area contributed by atoms with Gasteiger partial charge in [-0.15, -0.1) is 6.58 Å². The Morgan fingerprint density at radius 2 is 2.50 bits per heavy atom. The zero-order chi connectivity index (χ0) is 4.99. The third-order valence-corrected chi connectivity index (χ3v) is 0.514. The molecular formula is C4H9NO. The van der Waals surface area contributed by atoms with Gasteiger partial charge < -0.3 is 10.8 Å². The molecule has 2 heteroatoms. The SMILES string of the molecule is C=C[C@@H](O)CN. The third-order valence-electron chi connectivity index (χ3n) is 0.514. The second-order valence-corrected chi connectivity index (χ2v) is 1.04. The van der Waals surface area contributed by atoms with E-state index in [9.17, 15) is 0 Å². The number of nitrogens with two attached hydrogens (primary N) is 1. The van der Waals surface area contributed by atoms with E-state index >= 15 is 0 Å². The normalized spacial score (nSPS) is 13.7. The van der Waals surface area contributed by atoms with Crippen molar-refractivity contribution in [1.29, 1.82) is 0 Å². The smallest absolute Gasteiger partial charge is 0.0840 e. The second kappa shape index (κ2) is 2.87. The molecule has 0 spiro atoms. The summed E-state index contributed by atoms with van der Waals surface area (Å²) in [5.41, 5.74) is 4.96. The van der Waals surface area contributed by atoms with Gasteiger partial charge in [-0.05, 0) is 0 Å². The van der Waals surface area contributed by atoms with Crippen molar-refractivity contribution in [3.05, 3.63) is 12.7 Å². The summed E-state index contributed by atoms with van der Waals surface area (Å²) in [6, 6.07) is 0. The predicted molar refractivity (Wildman–Crippen MR) is 25.3 cm³/mol. The van der Waals surface area contributed by atoms with Crippen molar-refractivity contribution in [2.24, 2.45) is 5.73 Å². The fourth-order valence-electron chi connectivity index (χ4n) is 0.0962. The van der Waals surface area contributed by atoms with Gasteiger partial charge in [-0.2, -0.15) is 0 Å². The largest absolute Gasteiger partial charge is 0.388 e. The highest BCUT2D eigenvalue weighted by Crippen LogP contribution is 1.73. The lowest BCUT2D eigenvalue weighted by atomic mass is 10.4. The van der Waals surface area contributed by atoms with Crippen LogP contribution < -0.4 is 5.73 Å². The van der Waals surface area contributed by atoms with Crippen LogP contribution in [-0.4, -0.2) is 17.8 Å². The van der Waals surface area contributed by atoms with Gasteiger partial charge in [0.1, 0.15) is 0 Å². The number of aliphatic hydroxyl groups excluding tert-OH is 1. The number of hydrogen-bond acceptors (Lipinski definition) is 2. The van der Waals surface area contributed by atoms with E-state index in [1.165, 1.54) is 6.08 Å². The van der Waals surface area contributed by atoms with Crippen LogP contribution in [0.4, 0.5) is 0 Å². The lowest BCUT2D eigenvalue weighted by Crippen LogP contribution is -2.15. The maximum absolute atomic E-state index is 8.42. The maximum Gasteiger partial charge on any atom is 0.0840 e. The van der Waals surface area contributed by atoms with Crippen LogP contribution in [0.15, 0.2) is 12.7 Å². The van der Waals surface area contributed by atoms with Gasteiger partial charge in [-0.3, -0.25) is 0 Å².